The summed E-state index contributed by atoms with van der Waals surface area (Å²) in [5, 5.41) is 3.45. The number of carbonyl (C=O) groups is 1. The monoisotopic (exact) mass is 282 g/mol. The molecule has 0 aromatic carbocycles. The predicted octanol–water partition coefficient (Wildman–Crippen LogP) is 2.18. The van der Waals surface area contributed by atoms with Gasteiger partial charge in [-0.25, -0.2) is 0 Å². The molecule has 0 amide bonds. The van der Waals surface area contributed by atoms with Crippen LogP contribution in [0.3, 0.4) is 0 Å². The van der Waals surface area contributed by atoms with Crippen molar-refractivity contribution in [2.45, 2.75) is 65.0 Å². The summed E-state index contributed by atoms with van der Waals surface area (Å²) in [6, 6.07) is 0.386. The first kappa shape index (κ1) is 15.8. The Kier molecular flexibility index (Phi) is 5.44. The van der Waals surface area contributed by atoms with Gasteiger partial charge in [0.1, 0.15) is 6.04 Å². The molecule has 1 saturated carbocycles. The summed E-state index contributed by atoms with van der Waals surface area (Å²) in [5.41, 5.74) is 0.443. The maximum Gasteiger partial charge on any atom is 0.324 e. The Balaban J connectivity index is 1.87. The van der Waals surface area contributed by atoms with Crippen molar-refractivity contribution in [1.29, 1.82) is 0 Å². The molecule has 0 bridgehead atoms. The van der Waals surface area contributed by atoms with Crippen LogP contribution in [0.15, 0.2) is 0 Å². The van der Waals surface area contributed by atoms with E-state index in [0.29, 0.717) is 18.1 Å². The van der Waals surface area contributed by atoms with E-state index in [0.717, 1.165) is 19.6 Å². The number of esters is 1. The highest BCUT2D eigenvalue weighted by Gasteiger charge is 2.31. The summed E-state index contributed by atoms with van der Waals surface area (Å²) in [6.07, 6.45) is 6.12. The molecule has 20 heavy (non-hydrogen) atoms. The molecular formula is C16H30N2O2. The highest BCUT2D eigenvalue weighted by molar-refractivity contribution is 5.76. The third kappa shape index (κ3) is 5.06. The van der Waals surface area contributed by atoms with E-state index < -0.39 is 0 Å². The summed E-state index contributed by atoms with van der Waals surface area (Å²) in [4.78, 5) is 14.5. The van der Waals surface area contributed by atoms with Gasteiger partial charge in [-0.15, -0.1) is 0 Å². The van der Waals surface area contributed by atoms with Gasteiger partial charge in [-0.3, -0.25) is 4.79 Å². The zero-order valence-electron chi connectivity index (χ0n) is 13.3. The van der Waals surface area contributed by atoms with Crippen molar-refractivity contribution < 1.29 is 9.53 Å². The van der Waals surface area contributed by atoms with E-state index in [1.807, 2.05) is 6.92 Å². The largest absolute Gasteiger partial charge is 0.465 e. The van der Waals surface area contributed by atoms with E-state index in [2.05, 4.69) is 24.1 Å². The van der Waals surface area contributed by atoms with Gasteiger partial charge in [-0.1, -0.05) is 13.8 Å². The SMILES string of the molecule is CCOC(=O)C(CN1CCCC(C)(C)CC1)NC1CC1. The molecule has 0 spiro atoms. The van der Waals surface area contributed by atoms with E-state index in [1.54, 1.807) is 0 Å². The lowest BCUT2D eigenvalue weighted by Crippen LogP contribution is -2.48. The average Bonchev–Trinajstić information content (AvgIpc) is 3.19. The van der Waals surface area contributed by atoms with Gasteiger partial charge in [0.05, 0.1) is 6.61 Å². The number of nitrogens with one attached hydrogen (secondary N) is 1. The third-order valence-corrected chi connectivity index (χ3v) is 4.46. The third-order valence-electron chi connectivity index (χ3n) is 4.46. The summed E-state index contributed by atoms with van der Waals surface area (Å²) in [6.45, 7) is 10.0. The lowest BCUT2D eigenvalue weighted by molar-refractivity contribution is -0.146. The molecule has 4 heteroatoms. The molecule has 2 fully saturated rings. The van der Waals surface area contributed by atoms with Crippen LogP contribution < -0.4 is 5.32 Å². The van der Waals surface area contributed by atoms with Crippen molar-refractivity contribution in [3.8, 4) is 0 Å². The van der Waals surface area contributed by atoms with E-state index in [4.69, 9.17) is 4.74 Å². The van der Waals surface area contributed by atoms with Crippen molar-refractivity contribution in [3.05, 3.63) is 0 Å². The molecule has 2 aliphatic rings. The second kappa shape index (κ2) is 6.90. The predicted molar refractivity (Wildman–Crippen MR) is 80.7 cm³/mol. The fourth-order valence-corrected chi connectivity index (χ4v) is 2.89. The number of hydrogen-bond acceptors (Lipinski definition) is 4. The number of likely N-dealkylation sites (tertiary alicyclic amines) is 1. The standard InChI is InChI=1S/C16H30N2O2/c1-4-20-15(19)14(17-13-6-7-13)12-18-10-5-8-16(2,3)9-11-18/h13-14,17H,4-12H2,1-3H3. The quantitative estimate of drug-likeness (QED) is 0.758. The topological polar surface area (TPSA) is 41.6 Å². The summed E-state index contributed by atoms with van der Waals surface area (Å²) in [7, 11) is 0. The van der Waals surface area contributed by atoms with Gasteiger partial charge in [-0.2, -0.15) is 0 Å². The van der Waals surface area contributed by atoms with Gasteiger partial charge in [-0.05, 0) is 57.5 Å². The van der Waals surface area contributed by atoms with Crippen molar-refractivity contribution in [3.63, 3.8) is 0 Å². The highest BCUT2D eigenvalue weighted by atomic mass is 16.5. The molecule has 4 nitrogen and oxygen atoms in total. The number of hydrogen-bond donors (Lipinski definition) is 1. The van der Waals surface area contributed by atoms with Crippen LogP contribution in [0.1, 0.15) is 52.9 Å². The van der Waals surface area contributed by atoms with Gasteiger partial charge in [0.25, 0.3) is 0 Å². The first-order chi connectivity index (χ1) is 9.50. The van der Waals surface area contributed by atoms with Crippen molar-refractivity contribution in [2.75, 3.05) is 26.2 Å². The Morgan fingerprint density at radius 1 is 1.35 bits per heavy atom. The number of ether oxygens (including phenoxy) is 1. The minimum absolute atomic E-state index is 0.0806. The molecular weight excluding hydrogens is 252 g/mol. The van der Waals surface area contributed by atoms with Crippen LogP contribution in [0, 0.1) is 5.41 Å². The Labute approximate surface area is 123 Å². The van der Waals surface area contributed by atoms with Crippen LogP contribution in [-0.4, -0.2) is 49.2 Å². The zero-order valence-corrected chi connectivity index (χ0v) is 13.3. The van der Waals surface area contributed by atoms with Gasteiger partial charge in [0.15, 0.2) is 0 Å². The van der Waals surface area contributed by atoms with Gasteiger partial charge in [0.2, 0.25) is 0 Å². The van der Waals surface area contributed by atoms with Gasteiger partial charge >= 0.3 is 5.97 Å². The minimum Gasteiger partial charge on any atom is -0.465 e. The van der Waals surface area contributed by atoms with Crippen molar-refractivity contribution in [2.24, 2.45) is 5.41 Å². The molecule has 0 radical (unpaired) electrons. The fraction of sp³-hybridized carbons (Fsp3) is 0.938. The maximum atomic E-state index is 12.1. The van der Waals surface area contributed by atoms with E-state index >= 15 is 0 Å². The van der Waals surface area contributed by atoms with Crippen LogP contribution in [0.2, 0.25) is 0 Å². The Morgan fingerprint density at radius 2 is 2.10 bits per heavy atom. The molecule has 116 valence electrons. The number of nitrogens with zero attached hydrogens (tertiary/aromatic N) is 1. The average molecular weight is 282 g/mol. The zero-order chi connectivity index (χ0) is 14.6. The summed E-state index contributed by atoms with van der Waals surface area (Å²) in [5.74, 6) is -0.0806. The maximum absolute atomic E-state index is 12.1. The summed E-state index contributed by atoms with van der Waals surface area (Å²) < 4.78 is 5.22. The molecule has 2 rings (SSSR count). The van der Waals surface area contributed by atoms with Crippen molar-refractivity contribution >= 4 is 5.97 Å². The van der Waals surface area contributed by atoms with Crippen LogP contribution >= 0.6 is 0 Å². The van der Waals surface area contributed by atoms with E-state index in [1.165, 1.54) is 32.1 Å². The van der Waals surface area contributed by atoms with E-state index in [-0.39, 0.29) is 12.0 Å². The molecule has 1 atom stereocenters. The summed E-state index contributed by atoms with van der Waals surface area (Å²) >= 11 is 0. The highest BCUT2D eigenvalue weighted by Crippen LogP contribution is 2.30. The Hall–Kier alpha value is -0.610. The normalized spacial score (nSPS) is 24.9. The number of carbonyl (C=O) groups excluding carboxylic acids is 1. The molecule has 1 N–H and O–H groups in total. The first-order valence-electron chi connectivity index (χ1n) is 8.15. The molecule has 1 aliphatic carbocycles. The lowest BCUT2D eigenvalue weighted by atomic mass is 9.85. The van der Waals surface area contributed by atoms with Gasteiger partial charge in [0, 0.05) is 12.6 Å². The number of rotatable bonds is 6. The van der Waals surface area contributed by atoms with Crippen LogP contribution in [0.25, 0.3) is 0 Å². The van der Waals surface area contributed by atoms with Crippen molar-refractivity contribution in [1.82, 2.24) is 10.2 Å². The molecule has 0 aromatic rings. The van der Waals surface area contributed by atoms with Crippen LogP contribution in [0.5, 0.6) is 0 Å². The van der Waals surface area contributed by atoms with Crippen LogP contribution in [0.4, 0.5) is 0 Å². The molecule has 1 heterocycles. The lowest BCUT2D eigenvalue weighted by Gasteiger charge is -2.27. The smallest absolute Gasteiger partial charge is 0.324 e. The molecule has 1 aliphatic heterocycles. The molecule has 1 saturated heterocycles. The Bertz CT molecular complexity index is 326. The minimum atomic E-state index is -0.149. The van der Waals surface area contributed by atoms with Gasteiger partial charge < -0.3 is 15.0 Å². The Morgan fingerprint density at radius 3 is 2.75 bits per heavy atom. The second-order valence-electron chi connectivity index (χ2n) is 7.06. The first-order valence-corrected chi connectivity index (χ1v) is 8.15. The van der Waals surface area contributed by atoms with Crippen LogP contribution in [-0.2, 0) is 9.53 Å². The molecule has 0 aromatic heterocycles. The molecule has 1 unspecified atom stereocenters. The fourth-order valence-electron chi connectivity index (χ4n) is 2.89. The second-order valence-corrected chi connectivity index (χ2v) is 7.06. The van der Waals surface area contributed by atoms with E-state index in [9.17, 15) is 4.79 Å².